The number of hydrogen-bond donors (Lipinski definition) is 3. The molecule has 0 bridgehead atoms. The van der Waals surface area contributed by atoms with E-state index in [9.17, 15) is 9.59 Å². The van der Waals surface area contributed by atoms with Crippen molar-refractivity contribution in [2.24, 2.45) is 0 Å². The van der Waals surface area contributed by atoms with Crippen molar-refractivity contribution in [3.63, 3.8) is 0 Å². The normalized spacial score (nSPS) is 24.1. The zero-order valence-corrected chi connectivity index (χ0v) is 9.36. The minimum Gasteiger partial charge on any atom is -0.480 e. The van der Waals surface area contributed by atoms with Crippen LogP contribution < -0.4 is 10.6 Å². The molecule has 0 spiro atoms. The van der Waals surface area contributed by atoms with E-state index in [-0.39, 0.29) is 6.10 Å². The second-order valence-corrected chi connectivity index (χ2v) is 3.84. The smallest absolute Gasteiger partial charge is 0.407 e. The Morgan fingerprint density at radius 1 is 1.56 bits per heavy atom. The number of aliphatic carboxylic acids is 1. The fourth-order valence-electron chi connectivity index (χ4n) is 1.54. The van der Waals surface area contributed by atoms with E-state index < -0.39 is 18.1 Å². The average molecular weight is 230 g/mol. The molecule has 6 nitrogen and oxygen atoms in total. The number of carbonyl (C=O) groups is 2. The number of nitrogens with one attached hydrogen (secondary N) is 2. The van der Waals surface area contributed by atoms with Crippen LogP contribution in [0.3, 0.4) is 0 Å². The Balaban J connectivity index is 2.18. The Morgan fingerprint density at radius 3 is 2.88 bits per heavy atom. The lowest BCUT2D eigenvalue weighted by Gasteiger charge is -2.11. The van der Waals surface area contributed by atoms with Crippen LogP contribution >= 0.6 is 0 Å². The molecule has 92 valence electrons. The van der Waals surface area contributed by atoms with Crippen LogP contribution in [0.15, 0.2) is 0 Å². The maximum atomic E-state index is 11.2. The highest BCUT2D eigenvalue weighted by Crippen LogP contribution is 2.10. The van der Waals surface area contributed by atoms with E-state index in [4.69, 9.17) is 9.84 Å². The summed E-state index contributed by atoms with van der Waals surface area (Å²) in [5.74, 6) is -0.905. The lowest BCUT2D eigenvalue weighted by molar-refractivity contribution is -0.139. The topological polar surface area (TPSA) is 87.7 Å². The third-order valence-electron chi connectivity index (χ3n) is 2.46. The van der Waals surface area contributed by atoms with Gasteiger partial charge >= 0.3 is 12.1 Å². The van der Waals surface area contributed by atoms with Gasteiger partial charge in [0.1, 0.15) is 12.1 Å². The monoisotopic (exact) mass is 230 g/mol. The predicted molar refractivity (Wildman–Crippen MR) is 57.2 cm³/mol. The van der Waals surface area contributed by atoms with Crippen molar-refractivity contribution >= 4 is 12.1 Å². The number of unbranched alkanes of at least 4 members (excludes halogenated alkanes) is 1. The van der Waals surface area contributed by atoms with Crippen LogP contribution in [0.4, 0.5) is 4.79 Å². The van der Waals surface area contributed by atoms with Gasteiger partial charge in [0.05, 0.1) is 0 Å². The fraction of sp³-hybridized carbons (Fsp3) is 0.800. The van der Waals surface area contributed by atoms with Gasteiger partial charge in [-0.2, -0.15) is 0 Å². The van der Waals surface area contributed by atoms with E-state index >= 15 is 0 Å². The first kappa shape index (κ1) is 12.8. The molecule has 1 aliphatic heterocycles. The van der Waals surface area contributed by atoms with Crippen LogP contribution in [0.1, 0.15) is 26.2 Å². The Labute approximate surface area is 94.3 Å². The van der Waals surface area contributed by atoms with E-state index in [2.05, 4.69) is 10.6 Å². The summed E-state index contributed by atoms with van der Waals surface area (Å²) in [7, 11) is 0. The maximum Gasteiger partial charge on any atom is 0.407 e. The molecule has 3 N–H and O–H groups in total. The van der Waals surface area contributed by atoms with E-state index in [1.54, 1.807) is 0 Å². The van der Waals surface area contributed by atoms with Crippen molar-refractivity contribution in [3.8, 4) is 0 Å². The molecule has 0 radical (unpaired) electrons. The lowest BCUT2D eigenvalue weighted by atomic mass is 10.2. The highest BCUT2D eigenvalue weighted by Gasteiger charge is 2.31. The average Bonchev–Trinajstić information content (AvgIpc) is 2.66. The number of amides is 1. The predicted octanol–water partition coefficient (Wildman–Crippen LogP) is 0.328. The van der Waals surface area contributed by atoms with Crippen LogP contribution in [0.25, 0.3) is 0 Å². The molecule has 6 heteroatoms. The van der Waals surface area contributed by atoms with Crippen LogP contribution in [-0.2, 0) is 9.53 Å². The zero-order chi connectivity index (χ0) is 12.0. The Bertz CT molecular complexity index is 257. The second kappa shape index (κ2) is 6.32. The summed E-state index contributed by atoms with van der Waals surface area (Å²) in [4.78, 5) is 21.9. The molecule has 0 aromatic carbocycles. The number of ether oxygens (including phenoxy) is 1. The molecule has 0 saturated carbocycles. The van der Waals surface area contributed by atoms with Gasteiger partial charge in [-0.05, 0) is 6.42 Å². The third-order valence-corrected chi connectivity index (χ3v) is 2.46. The summed E-state index contributed by atoms with van der Waals surface area (Å²) in [6.45, 7) is 3.03. The van der Waals surface area contributed by atoms with Crippen LogP contribution in [-0.4, -0.2) is 42.4 Å². The van der Waals surface area contributed by atoms with Crippen molar-refractivity contribution in [3.05, 3.63) is 0 Å². The zero-order valence-electron chi connectivity index (χ0n) is 9.36. The van der Waals surface area contributed by atoms with Gasteiger partial charge in [-0.1, -0.05) is 13.3 Å². The first-order valence-corrected chi connectivity index (χ1v) is 5.54. The molecule has 1 saturated heterocycles. The molecule has 1 fully saturated rings. The van der Waals surface area contributed by atoms with Gasteiger partial charge in [-0.3, -0.25) is 4.79 Å². The summed E-state index contributed by atoms with van der Waals surface area (Å²) in [6.07, 6.45) is 1.44. The van der Waals surface area contributed by atoms with Gasteiger partial charge in [0.2, 0.25) is 0 Å². The lowest BCUT2D eigenvalue weighted by Crippen LogP contribution is -2.30. The number of carboxylic acid groups (broad SMARTS) is 1. The van der Waals surface area contributed by atoms with Gasteiger partial charge < -0.3 is 20.5 Å². The molecule has 0 aromatic rings. The number of rotatable bonds is 5. The Kier molecular flexibility index (Phi) is 5.04. The summed E-state index contributed by atoms with van der Waals surface area (Å²) in [6, 6.07) is -0.603. The standard InChI is InChI=1S/C10H18N2O4/c1-2-3-4-11-10(15)16-7-5-8(9(13)14)12-6-7/h7-8,12H,2-6H2,1H3,(H,11,15)(H,13,14)/t7-,8+/m1/s1. The van der Waals surface area contributed by atoms with Crippen molar-refractivity contribution in [1.82, 2.24) is 10.6 Å². The number of alkyl carbamates (subject to hydrolysis) is 1. The number of carboxylic acids is 1. The largest absolute Gasteiger partial charge is 0.480 e. The van der Waals surface area contributed by atoms with Gasteiger partial charge in [0, 0.05) is 19.5 Å². The highest BCUT2D eigenvalue weighted by atomic mass is 16.6. The van der Waals surface area contributed by atoms with Crippen molar-refractivity contribution in [2.75, 3.05) is 13.1 Å². The van der Waals surface area contributed by atoms with E-state index in [1.807, 2.05) is 6.92 Å². The van der Waals surface area contributed by atoms with Gasteiger partial charge in [0.15, 0.2) is 0 Å². The molecule has 0 aliphatic carbocycles. The van der Waals surface area contributed by atoms with Gasteiger partial charge in [0.25, 0.3) is 0 Å². The van der Waals surface area contributed by atoms with Gasteiger partial charge in [-0.25, -0.2) is 4.79 Å². The number of hydrogen-bond acceptors (Lipinski definition) is 4. The molecular formula is C10H18N2O4. The molecule has 1 amide bonds. The van der Waals surface area contributed by atoms with E-state index in [0.717, 1.165) is 12.8 Å². The van der Waals surface area contributed by atoms with E-state index in [1.165, 1.54) is 0 Å². The molecule has 1 rings (SSSR count). The first-order chi connectivity index (χ1) is 7.63. The molecule has 2 atom stereocenters. The highest BCUT2D eigenvalue weighted by molar-refractivity contribution is 5.74. The van der Waals surface area contributed by atoms with Crippen LogP contribution in [0, 0.1) is 0 Å². The molecule has 16 heavy (non-hydrogen) atoms. The second-order valence-electron chi connectivity index (χ2n) is 3.84. The minimum atomic E-state index is -0.905. The summed E-state index contributed by atoms with van der Waals surface area (Å²) >= 11 is 0. The Hall–Kier alpha value is -1.30. The van der Waals surface area contributed by atoms with Crippen LogP contribution in [0.5, 0.6) is 0 Å². The molecule has 1 aliphatic rings. The maximum absolute atomic E-state index is 11.2. The van der Waals surface area contributed by atoms with Crippen molar-refractivity contribution in [1.29, 1.82) is 0 Å². The Morgan fingerprint density at radius 2 is 2.31 bits per heavy atom. The summed E-state index contributed by atoms with van der Waals surface area (Å²) < 4.78 is 5.06. The molecule has 1 heterocycles. The third kappa shape index (κ3) is 4.06. The van der Waals surface area contributed by atoms with Crippen molar-refractivity contribution in [2.45, 2.75) is 38.3 Å². The van der Waals surface area contributed by atoms with E-state index in [0.29, 0.717) is 19.5 Å². The SMILES string of the molecule is CCCCNC(=O)O[C@H]1CN[C@H](C(=O)O)C1. The van der Waals surface area contributed by atoms with Crippen LogP contribution in [0.2, 0.25) is 0 Å². The molecular weight excluding hydrogens is 212 g/mol. The summed E-state index contributed by atoms with van der Waals surface area (Å²) in [5, 5.41) is 14.1. The quantitative estimate of drug-likeness (QED) is 0.592. The fourth-order valence-corrected chi connectivity index (χ4v) is 1.54. The molecule has 0 unspecified atom stereocenters. The number of carbonyl (C=O) groups excluding carboxylic acids is 1. The minimum absolute atomic E-state index is 0.330. The first-order valence-electron chi connectivity index (χ1n) is 5.54. The molecule has 0 aromatic heterocycles. The van der Waals surface area contributed by atoms with Crippen molar-refractivity contribution < 1.29 is 19.4 Å². The summed E-state index contributed by atoms with van der Waals surface area (Å²) in [5.41, 5.74) is 0. The van der Waals surface area contributed by atoms with Gasteiger partial charge in [-0.15, -0.1) is 0 Å².